The van der Waals surface area contributed by atoms with E-state index < -0.39 is 0 Å². The molecule has 3 heteroatoms. The van der Waals surface area contributed by atoms with Gasteiger partial charge in [-0.25, -0.2) is 0 Å². The fourth-order valence-corrected chi connectivity index (χ4v) is 5.93. The topological polar surface area (TPSA) is 29.5 Å². The maximum Gasteiger partial charge on any atom is 0.139 e. The molecule has 1 saturated heterocycles. The fourth-order valence-electron chi connectivity index (χ4n) is 5.93. The van der Waals surface area contributed by atoms with E-state index in [0.29, 0.717) is 24.0 Å². The number of ether oxygens (including phenoxy) is 1. The van der Waals surface area contributed by atoms with Crippen LogP contribution in [0.3, 0.4) is 0 Å². The molecular formula is C24H27NO2. The van der Waals surface area contributed by atoms with Crippen molar-refractivity contribution in [1.82, 2.24) is 4.90 Å². The first kappa shape index (κ1) is 17.2. The first-order chi connectivity index (χ1) is 13.3. The third kappa shape index (κ3) is 2.94. The van der Waals surface area contributed by atoms with Gasteiger partial charge in [-0.2, -0.15) is 0 Å². The Balaban J connectivity index is 1.59. The smallest absolute Gasteiger partial charge is 0.139 e. The molecule has 2 aromatic carbocycles. The highest BCUT2D eigenvalue weighted by molar-refractivity contribution is 5.86. The van der Waals surface area contributed by atoms with Crippen LogP contribution >= 0.6 is 0 Å². The number of carbonyl (C=O) groups excluding carboxylic acids is 1. The van der Waals surface area contributed by atoms with Crippen molar-refractivity contribution in [3.63, 3.8) is 0 Å². The molecule has 0 aromatic heterocycles. The Kier molecular flexibility index (Phi) is 4.37. The van der Waals surface area contributed by atoms with Crippen molar-refractivity contribution >= 4 is 5.78 Å². The van der Waals surface area contributed by atoms with Crippen LogP contribution in [-0.4, -0.2) is 42.5 Å². The molecule has 3 aliphatic carbocycles. The van der Waals surface area contributed by atoms with Gasteiger partial charge in [-0.05, 0) is 35.8 Å². The minimum Gasteiger partial charge on any atom is -0.379 e. The zero-order chi connectivity index (χ0) is 18.3. The first-order valence-electron chi connectivity index (χ1n) is 10.2. The molecule has 0 spiro atoms. The van der Waals surface area contributed by atoms with Crippen LogP contribution in [-0.2, 0) is 9.53 Å². The molecule has 4 aliphatic rings. The Bertz CT molecular complexity index is 748. The molecule has 4 fully saturated rings. The molecule has 2 bridgehead atoms. The zero-order valence-electron chi connectivity index (χ0n) is 15.7. The SMILES string of the molecule is O=C1CC2(N3CCOCC3)C[C@H](c3ccccc3)C1[C@H](c1ccccc1)C2. The monoisotopic (exact) mass is 361 g/mol. The lowest BCUT2D eigenvalue weighted by Crippen LogP contribution is -2.63. The van der Waals surface area contributed by atoms with Gasteiger partial charge in [0.05, 0.1) is 13.2 Å². The van der Waals surface area contributed by atoms with Gasteiger partial charge in [-0.15, -0.1) is 0 Å². The third-order valence-corrected chi connectivity index (χ3v) is 7.08. The minimum absolute atomic E-state index is 0.0172. The van der Waals surface area contributed by atoms with Crippen molar-refractivity contribution in [2.24, 2.45) is 5.92 Å². The van der Waals surface area contributed by atoms with Crippen LogP contribution in [0.2, 0.25) is 0 Å². The summed E-state index contributed by atoms with van der Waals surface area (Å²) in [6.07, 6.45) is 2.90. The molecular weight excluding hydrogens is 334 g/mol. The molecule has 0 radical (unpaired) electrons. The van der Waals surface area contributed by atoms with Crippen LogP contribution in [0.15, 0.2) is 60.7 Å². The summed E-state index contributed by atoms with van der Waals surface area (Å²) in [7, 11) is 0. The Morgan fingerprint density at radius 2 is 1.33 bits per heavy atom. The lowest BCUT2D eigenvalue weighted by Gasteiger charge is -2.59. The number of morpholine rings is 1. The van der Waals surface area contributed by atoms with Crippen molar-refractivity contribution in [3.05, 3.63) is 71.8 Å². The standard InChI is InChI=1S/C24H27NO2/c26-22-17-24(25-11-13-27-14-12-25)15-20(18-7-3-1-4-8-18)23(22)21(16-24)19-9-5-2-6-10-19/h1-10,20-21,23H,11-17H2/t20-,21+,23?,24?. The number of carbonyl (C=O) groups is 1. The Morgan fingerprint density at radius 3 is 1.85 bits per heavy atom. The van der Waals surface area contributed by atoms with Crippen LogP contribution < -0.4 is 0 Å². The largest absolute Gasteiger partial charge is 0.379 e. The van der Waals surface area contributed by atoms with Crippen LogP contribution in [0, 0.1) is 5.92 Å². The maximum absolute atomic E-state index is 13.4. The third-order valence-electron chi connectivity index (χ3n) is 7.08. The van der Waals surface area contributed by atoms with Gasteiger partial charge in [0.1, 0.15) is 5.78 Å². The highest BCUT2D eigenvalue weighted by Gasteiger charge is 2.57. The molecule has 2 unspecified atom stereocenters. The molecule has 2 aromatic rings. The van der Waals surface area contributed by atoms with Crippen LogP contribution in [0.4, 0.5) is 0 Å². The number of ketones is 1. The van der Waals surface area contributed by atoms with Gasteiger partial charge in [-0.1, -0.05) is 60.7 Å². The Hall–Kier alpha value is -1.97. The predicted octanol–water partition coefficient (Wildman–Crippen LogP) is 4.01. The molecule has 1 heterocycles. The maximum atomic E-state index is 13.4. The van der Waals surface area contributed by atoms with E-state index in [1.54, 1.807) is 0 Å². The van der Waals surface area contributed by atoms with E-state index in [1.165, 1.54) is 11.1 Å². The van der Waals surface area contributed by atoms with Crippen LogP contribution in [0.1, 0.15) is 42.2 Å². The second-order valence-corrected chi connectivity index (χ2v) is 8.44. The van der Waals surface area contributed by atoms with Crippen LogP contribution in [0.5, 0.6) is 0 Å². The summed E-state index contributed by atoms with van der Waals surface area (Å²) in [5.74, 6) is 1.20. The van der Waals surface area contributed by atoms with Gasteiger partial charge < -0.3 is 4.74 Å². The molecule has 1 aliphatic heterocycles. The summed E-state index contributed by atoms with van der Waals surface area (Å²) in [5.41, 5.74) is 2.64. The van der Waals surface area contributed by atoms with Crippen LogP contribution in [0.25, 0.3) is 0 Å². The minimum atomic E-state index is -0.0172. The molecule has 4 atom stereocenters. The summed E-state index contributed by atoms with van der Waals surface area (Å²) in [6.45, 7) is 3.46. The molecule has 3 nitrogen and oxygen atoms in total. The summed E-state index contributed by atoms with van der Waals surface area (Å²) in [5, 5.41) is 0. The molecule has 0 amide bonds. The lowest BCUT2D eigenvalue weighted by atomic mass is 9.52. The molecule has 140 valence electrons. The molecule has 6 rings (SSSR count). The number of hydrogen-bond donors (Lipinski definition) is 0. The highest BCUT2D eigenvalue weighted by Crippen LogP contribution is 2.58. The van der Waals surface area contributed by atoms with E-state index in [2.05, 4.69) is 65.6 Å². The molecule has 27 heavy (non-hydrogen) atoms. The summed E-state index contributed by atoms with van der Waals surface area (Å²) >= 11 is 0. The van der Waals surface area contributed by atoms with E-state index in [4.69, 9.17) is 4.74 Å². The Labute approximate surface area is 161 Å². The van der Waals surface area contributed by atoms with Crippen molar-refractivity contribution in [2.45, 2.75) is 36.6 Å². The van der Waals surface area contributed by atoms with Crippen molar-refractivity contribution in [2.75, 3.05) is 26.3 Å². The summed E-state index contributed by atoms with van der Waals surface area (Å²) < 4.78 is 5.62. The number of benzene rings is 2. The van der Waals surface area contributed by atoms with E-state index in [-0.39, 0.29) is 11.5 Å². The molecule has 0 N–H and O–H groups in total. The van der Waals surface area contributed by atoms with Gasteiger partial charge in [0.25, 0.3) is 0 Å². The summed E-state index contributed by atoms with van der Waals surface area (Å²) in [4.78, 5) is 16.0. The highest BCUT2D eigenvalue weighted by atomic mass is 16.5. The Morgan fingerprint density at radius 1 is 0.815 bits per heavy atom. The van der Waals surface area contributed by atoms with Gasteiger partial charge in [-0.3, -0.25) is 9.69 Å². The first-order valence-corrected chi connectivity index (χ1v) is 10.2. The van der Waals surface area contributed by atoms with E-state index in [1.807, 2.05) is 0 Å². The number of rotatable bonds is 3. The lowest BCUT2D eigenvalue weighted by molar-refractivity contribution is -0.143. The fraction of sp³-hybridized carbons (Fsp3) is 0.458. The quantitative estimate of drug-likeness (QED) is 0.827. The number of hydrogen-bond acceptors (Lipinski definition) is 3. The van der Waals surface area contributed by atoms with Crippen molar-refractivity contribution < 1.29 is 9.53 Å². The second kappa shape index (κ2) is 6.88. The van der Waals surface area contributed by atoms with Crippen molar-refractivity contribution in [1.29, 1.82) is 0 Å². The van der Waals surface area contributed by atoms with Gasteiger partial charge >= 0.3 is 0 Å². The van der Waals surface area contributed by atoms with Gasteiger partial charge in [0, 0.05) is 31.0 Å². The summed E-state index contributed by atoms with van der Waals surface area (Å²) in [6, 6.07) is 21.4. The second-order valence-electron chi connectivity index (χ2n) is 8.44. The van der Waals surface area contributed by atoms with E-state index in [0.717, 1.165) is 39.1 Å². The molecule has 3 saturated carbocycles. The van der Waals surface area contributed by atoms with Crippen molar-refractivity contribution in [3.8, 4) is 0 Å². The average molecular weight is 361 g/mol. The van der Waals surface area contributed by atoms with Gasteiger partial charge in [0.15, 0.2) is 0 Å². The average Bonchev–Trinajstić information content (AvgIpc) is 2.75. The number of nitrogens with zero attached hydrogens (tertiary/aromatic N) is 1. The normalized spacial score (nSPS) is 33.9. The number of fused-ring (bicyclic) bond motifs is 3. The predicted molar refractivity (Wildman–Crippen MR) is 106 cm³/mol. The zero-order valence-corrected chi connectivity index (χ0v) is 15.7. The van der Waals surface area contributed by atoms with E-state index >= 15 is 0 Å². The van der Waals surface area contributed by atoms with E-state index in [9.17, 15) is 4.79 Å². The number of Topliss-reactive ketones (excluding diaryl/α,β-unsaturated/α-hetero) is 1. The van der Waals surface area contributed by atoms with Gasteiger partial charge in [0.2, 0.25) is 0 Å².